The van der Waals surface area contributed by atoms with Crippen molar-refractivity contribution in [3.63, 3.8) is 0 Å². The van der Waals surface area contributed by atoms with Gasteiger partial charge in [-0.15, -0.1) is 0 Å². The van der Waals surface area contributed by atoms with Crippen LogP contribution in [-0.4, -0.2) is 27.8 Å². The van der Waals surface area contributed by atoms with Crippen LogP contribution in [0.5, 0.6) is 0 Å². The monoisotopic (exact) mass is 492 g/mol. The van der Waals surface area contributed by atoms with Crippen molar-refractivity contribution in [1.82, 2.24) is 9.78 Å². The van der Waals surface area contributed by atoms with Gasteiger partial charge in [0.15, 0.2) is 5.69 Å². The summed E-state index contributed by atoms with van der Waals surface area (Å²) in [5, 5.41) is 4.20. The molecule has 192 valence electrons. The first kappa shape index (κ1) is 24.6. The Kier molecular flexibility index (Phi) is 5.76. The number of allylic oxidation sites excluding steroid dienone is 1. The van der Waals surface area contributed by atoms with Crippen LogP contribution in [0.1, 0.15) is 101 Å². The molecule has 4 aliphatic carbocycles. The molecular formula is C27H35F3N2O3. The van der Waals surface area contributed by atoms with Crippen molar-refractivity contribution in [3.8, 4) is 0 Å². The summed E-state index contributed by atoms with van der Waals surface area (Å²) in [6.45, 7) is 7.21. The predicted octanol–water partition coefficient (Wildman–Crippen LogP) is 6.54. The van der Waals surface area contributed by atoms with Crippen LogP contribution in [0.15, 0.2) is 17.7 Å². The standard InChI is InChI=1S/C27H35F3N2O3/c1-15(33)32-24(27(28,29)30)14-23(31-32)22-8-7-20-19-6-5-17-13-18(35-16(2)34)9-11-25(17,3)21(19)10-12-26(20,22)4/h5,14,18-22H,6-13H2,1-4H3/t18-,19+,20+,21+,22-,25-,26+/m0/s1. The fourth-order valence-electron chi connectivity index (χ4n) is 8.46. The van der Waals surface area contributed by atoms with E-state index in [0.717, 1.165) is 64.4 Å². The van der Waals surface area contributed by atoms with Crippen LogP contribution in [0.25, 0.3) is 0 Å². The molecule has 35 heavy (non-hydrogen) atoms. The van der Waals surface area contributed by atoms with Gasteiger partial charge < -0.3 is 4.74 Å². The number of rotatable bonds is 2. The third-order valence-corrected chi connectivity index (χ3v) is 10.1. The second kappa shape index (κ2) is 8.20. The highest BCUT2D eigenvalue weighted by Crippen LogP contribution is 2.68. The molecule has 1 aromatic rings. The number of fused-ring (bicyclic) bond motifs is 5. The summed E-state index contributed by atoms with van der Waals surface area (Å²) in [5.41, 5.74) is 0.832. The van der Waals surface area contributed by atoms with Crippen molar-refractivity contribution in [2.24, 2.45) is 28.6 Å². The highest BCUT2D eigenvalue weighted by molar-refractivity contribution is 5.76. The number of carbonyl (C=O) groups excluding carboxylic acids is 2. The molecule has 0 aromatic carbocycles. The molecule has 5 nitrogen and oxygen atoms in total. The number of carbonyl (C=O) groups is 2. The van der Waals surface area contributed by atoms with Gasteiger partial charge in [-0.1, -0.05) is 25.5 Å². The van der Waals surface area contributed by atoms with Crippen molar-refractivity contribution in [2.45, 2.75) is 97.3 Å². The zero-order chi connectivity index (χ0) is 25.3. The normalized spacial score (nSPS) is 38.7. The highest BCUT2D eigenvalue weighted by atomic mass is 19.4. The minimum absolute atomic E-state index is 0.0349. The summed E-state index contributed by atoms with van der Waals surface area (Å²) in [5.74, 6) is 0.443. The number of nitrogens with zero attached hydrogens (tertiary/aromatic N) is 2. The molecule has 3 saturated carbocycles. The van der Waals surface area contributed by atoms with Gasteiger partial charge in [-0.3, -0.25) is 9.59 Å². The van der Waals surface area contributed by atoms with Gasteiger partial charge in [0.05, 0.1) is 5.69 Å². The molecule has 3 fully saturated rings. The minimum atomic E-state index is -4.61. The van der Waals surface area contributed by atoms with Crippen molar-refractivity contribution in [3.05, 3.63) is 29.1 Å². The predicted molar refractivity (Wildman–Crippen MR) is 124 cm³/mol. The molecule has 1 heterocycles. The van der Waals surface area contributed by atoms with Gasteiger partial charge in [-0.25, -0.2) is 0 Å². The second-order valence-corrected chi connectivity index (χ2v) is 11.8. The van der Waals surface area contributed by atoms with Gasteiger partial charge in [0, 0.05) is 26.2 Å². The first-order valence-electron chi connectivity index (χ1n) is 12.9. The van der Waals surface area contributed by atoms with Gasteiger partial charge >= 0.3 is 12.1 Å². The Morgan fingerprint density at radius 2 is 1.83 bits per heavy atom. The molecule has 0 bridgehead atoms. The summed E-state index contributed by atoms with van der Waals surface area (Å²) in [4.78, 5) is 23.4. The summed E-state index contributed by atoms with van der Waals surface area (Å²) < 4.78 is 46.9. The lowest BCUT2D eigenvalue weighted by atomic mass is 9.47. The van der Waals surface area contributed by atoms with E-state index in [2.05, 4.69) is 25.0 Å². The van der Waals surface area contributed by atoms with Crippen molar-refractivity contribution in [2.75, 3.05) is 0 Å². The molecule has 0 aliphatic heterocycles. The van der Waals surface area contributed by atoms with E-state index < -0.39 is 17.8 Å². The van der Waals surface area contributed by atoms with Crippen LogP contribution in [-0.2, 0) is 15.7 Å². The molecule has 0 unspecified atom stereocenters. The van der Waals surface area contributed by atoms with Crippen molar-refractivity contribution in [1.29, 1.82) is 0 Å². The number of alkyl halides is 3. The molecule has 5 rings (SSSR count). The zero-order valence-corrected chi connectivity index (χ0v) is 21.0. The fourth-order valence-corrected chi connectivity index (χ4v) is 8.46. The Bertz CT molecular complexity index is 1080. The quantitative estimate of drug-likeness (QED) is 0.347. The summed E-state index contributed by atoms with van der Waals surface area (Å²) in [7, 11) is 0. The second-order valence-electron chi connectivity index (χ2n) is 11.8. The molecule has 7 atom stereocenters. The Balaban J connectivity index is 1.42. The number of halogens is 3. The molecule has 1 aromatic heterocycles. The largest absolute Gasteiger partial charge is 0.462 e. The minimum Gasteiger partial charge on any atom is -0.462 e. The van der Waals surface area contributed by atoms with E-state index in [9.17, 15) is 22.8 Å². The maximum Gasteiger partial charge on any atom is 0.433 e. The van der Waals surface area contributed by atoms with Crippen LogP contribution in [0.2, 0.25) is 0 Å². The smallest absolute Gasteiger partial charge is 0.433 e. The van der Waals surface area contributed by atoms with Crippen LogP contribution in [0, 0.1) is 28.6 Å². The summed E-state index contributed by atoms with van der Waals surface area (Å²) in [6.07, 6.45) is 5.18. The lowest BCUT2D eigenvalue weighted by Gasteiger charge is -2.58. The van der Waals surface area contributed by atoms with E-state index in [-0.39, 0.29) is 28.8 Å². The van der Waals surface area contributed by atoms with E-state index in [4.69, 9.17) is 4.74 Å². The maximum absolute atomic E-state index is 13.6. The fraction of sp³-hybridized carbons (Fsp3) is 0.741. The van der Waals surface area contributed by atoms with E-state index in [1.807, 2.05) is 0 Å². The Morgan fingerprint density at radius 3 is 2.46 bits per heavy atom. The van der Waals surface area contributed by atoms with E-state index >= 15 is 0 Å². The average Bonchev–Trinajstić information content (AvgIpc) is 3.35. The van der Waals surface area contributed by atoms with Gasteiger partial charge in [-0.05, 0) is 79.6 Å². The van der Waals surface area contributed by atoms with Crippen LogP contribution in [0.4, 0.5) is 13.2 Å². The number of esters is 1. The van der Waals surface area contributed by atoms with Gasteiger partial charge in [-0.2, -0.15) is 23.0 Å². The molecule has 0 radical (unpaired) electrons. The number of hydrogen-bond acceptors (Lipinski definition) is 4. The Morgan fingerprint density at radius 1 is 1.09 bits per heavy atom. The Labute approximate surface area is 204 Å². The molecule has 4 aliphatic rings. The third-order valence-electron chi connectivity index (χ3n) is 10.1. The van der Waals surface area contributed by atoms with Crippen LogP contribution < -0.4 is 0 Å². The van der Waals surface area contributed by atoms with Crippen LogP contribution in [0.3, 0.4) is 0 Å². The zero-order valence-electron chi connectivity index (χ0n) is 21.0. The Hall–Kier alpha value is -2.12. The molecule has 0 amide bonds. The number of aromatic nitrogens is 2. The van der Waals surface area contributed by atoms with E-state index in [1.165, 1.54) is 12.5 Å². The van der Waals surface area contributed by atoms with Gasteiger partial charge in [0.1, 0.15) is 6.10 Å². The highest BCUT2D eigenvalue weighted by Gasteiger charge is 2.59. The molecule has 8 heteroatoms. The SMILES string of the molecule is CC(=O)O[C@H]1CC[C@@]2(C)C(=CC[C@@H]3[C@H]4CC[C@@H](c5cc(C(F)(F)F)n(C(C)=O)n5)[C@]4(C)CC[C@H]32)C1. The average molecular weight is 493 g/mol. The maximum atomic E-state index is 13.6. The summed E-state index contributed by atoms with van der Waals surface area (Å²) in [6, 6.07) is 1.11. The molecular weight excluding hydrogens is 457 g/mol. The number of hydrogen-bond donors (Lipinski definition) is 0. The van der Waals surface area contributed by atoms with Crippen LogP contribution >= 0.6 is 0 Å². The number of ether oxygens (including phenoxy) is 1. The molecule has 0 saturated heterocycles. The van der Waals surface area contributed by atoms with E-state index in [1.54, 1.807) is 0 Å². The lowest BCUT2D eigenvalue weighted by molar-refractivity contribution is -0.148. The summed E-state index contributed by atoms with van der Waals surface area (Å²) >= 11 is 0. The van der Waals surface area contributed by atoms with Crippen molar-refractivity contribution < 1.29 is 27.5 Å². The topological polar surface area (TPSA) is 61.2 Å². The molecule has 0 spiro atoms. The van der Waals surface area contributed by atoms with Crippen molar-refractivity contribution >= 4 is 11.9 Å². The first-order chi connectivity index (χ1) is 16.3. The third kappa shape index (κ3) is 3.86. The van der Waals surface area contributed by atoms with E-state index in [0.29, 0.717) is 28.1 Å². The lowest BCUT2D eigenvalue weighted by Crippen LogP contribution is -2.50. The first-order valence-corrected chi connectivity index (χ1v) is 12.9. The van der Waals surface area contributed by atoms with Gasteiger partial charge in [0.25, 0.3) is 0 Å². The molecule has 0 N–H and O–H groups in total. The van der Waals surface area contributed by atoms with Gasteiger partial charge in [0.2, 0.25) is 5.91 Å².